The van der Waals surface area contributed by atoms with Crippen LogP contribution in [0.5, 0.6) is 0 Å². The van der Waals surface area contributed by atoms with Crippen molar-refractivity contribution in [2.75, 3.05) is 9.71 Å². The van der Waals surface area contributed by atoms with E-state index in [1.807, 2.05) is 0 Å². The molecule has 3 heterocycles. The number of anilines is 5. The van der Waals surface area contributed by atoms with Crippen molar-refractivity contribution in [3.8, 4) is 33.4 Å². The summed E-state index contributed by atoms with van der Waals surface area (Å²) in [6.07, 6.45) is 0. The third kappa shape index (κ3) is 6.17. The second-order valence-electron chi connectivity index (χ2n) is 23.0. The second kappa shape index (κ2) is 14.1. The fourth-order valence-electron chi connectivity index (χ4n) is 11.6. The van der Waals surface area contributed by atoms with Crippen molar-refractivity contribution in [2.45, 2.75) is 97.8 Å². The molecule has 1 aliphatic carbocycles. The van der Waals surface area contributed by atoms with Crippen LogP contribution in [0.4, 0.5) is 28.4 Å². The molecule has 0 fully saturated rings. The van der Waals surface area contributed by atoms with Gasteiger partial charge in [0.25, 0.3) is 0 Å². The van der Waals surface area contributed by atoms with Gasteiger partial charge >= 0.3 is 6.85 Å². The first-order valence-electron chi connectivity index (χ1n) is 24.2. The van der Waals surface area contributed by atoms with E-state index in [0.29, 0.717) is 0 Å². The molecule has 4 heteroatoms. The van der Waals surface area contributed by atoms with Gasteiger partial charge in [-0.05, 0) is 126 Å². The van der Waals surface area contributed by atoms with Gasteiger partial charge in [-0.15, -0.1) is 0 Å². The van der Waals surface area contributed by atoms with Crippen LogP contribution in [0.25, 0.3) is 55.3 Å². The number of fused-ring (bicyclic) bond motifs is 11. The molecule has 0 saturated heterocycles. The summed E-state index contributed by atoms with van der Waals surface area (Å²) >= 11 is 0. The Balaban J connectivity index is 1.27. The van der Waals surface area contributed by atoms with E-state index in [1.54, 1.807) is 0 Å². The van der Waals surface area contributed by atoms with Crippen LogP contribution in [0.15, 0.2) is 162 Å². The van der Waals surface area contributed by atoms with E-state index in [0.717, 1.165) is 27.6 Å². The van der Waals surface area contributed by atoms with Crippen molar-refractivity contribution >= 4 is 68.1 Å². The van der Waals surface area contributed by atoms with Crippen molar-refractivity contribution in [1.29, 1.82) is 0 Å². The van der Waals surface area contributed by atoms with Gasteiger partial charge in [0.1, 0.15) is 11.2 Å². The maximum absolute atomic E-state index is 7.22. The SMILES string of the molecule is CC(C)(C)c1ccc(N2B3c4cc(C(C)(C)C)ccc4N(c4ccc(C(C)(C)C)cc4-c4ccccc4)c4cc5c(oc6ccccc65)c(c43)-c3cc4c(cc32)C(C)(C)c2ccccc2-4)cc1. The zero-order valence-corrected chi connectivity index (χ0v) is 40.9. The maximum atomic E-state index is 7.22. The molecule has 8 aromatic carbocycles. The molecule has 0 saturated carbocycles. The summed E-state index contributed by atoms with van der Waals surface area (Å²) in [6, 6.07) is 60.1. The van der Waals surface area contributed by atoms with Crippen LogP contribution in [0.3, 0.4) is 0 Å². The predicted octanol–water partition coefficient (Wildman–Crippen LogP) is 16.2. The summed E-state index contributed by atoms with van der Waals surface area (Å²) in [5.41, 5.74) is 24.1. The van der Waals surface area contributed by atoms with E-state index in [1.165, 1.54) is 94.9 Å². The molecule has 0 atom stereocenters. The quantitative estimate of drug-likeness (QED) is 0.165. The summed E-state index contributed by atoms with van der Waals surface area (Å²) in [5, 5.41) is 2.26. The van der Waals surface area contributed by atoms with Crippen LogP contribution in [-0.2, 0) is 21.7 Å². The van der Waals surface area contributed by atoms with E-state index < -0.39 is 0 Å². The molecule has 0 N–H and O–H groups in total. The average molecular weight is 871 g/mol. The Labute approximate surface area is 397 Å². The summed E-state index contributed by atoms with van der Waals surface area (Å²) in [6.45, 7) is 25.5. The number of furan rings is 1. The molecular formula is C63H59BN2O. The molecule has 0 bridgehead atoms. The molecule has 3 nitrogen and oxygen atoms in total. The van der Waals surface area contributed by atoms with E-state index in [-0.39, 0.29) is 28.5 Å². The number of nitrogens with zero attached hydrogens (tertiary/aromatic N) is 2. The van der Waals surface area contributed by atoms with Crippen molar-refractivity contribution in [1.82, 2.24) is 0 Å². The van der Waals surface area contributed by atoms with Gasteiger partial charge in [-0.1, -0.05) is 179 Å². The molecule has 67 heavy (non-hydrogen) atoms. The van der Waals surface area contributed by atoms with Gasteiger partial charge in [0.15, 0.2) is 0 Å². The highest BCUT2D eigenvalue weighted by Gasteiger charge is 2.49. The first kappa shape index (κ1) is 41.6. The Bertz CT molecular complexity index is 3500. The van der Waals surface area contributed by atoms with Crippen LogP contribution < -0.4 is 20.6 Å². The van der Waals surface area contributed by atoms with Gasteiger partial charge in [0, 0.05) is 55.6 Å². The zero-order chi connectivity index (χ0) is 46.5. The fraction of sp³-hybridized carbons (Fsp3) is 0.238. The number of hydrogen-bond acceptors (Lipinski definition) is 3. The van der Waals surface area contributed by atoms with E-state index in [2.05, 4.69) is 244 Å². The van der Waals surface area contributed by atoms with Crippen LogP contribution in [0.2, 0.25) is 0 Å². The molecule has 3 aliphatic rings. The summed E-state index contributed by atoms with van der Waals surface area (Å²) in [4.78, 5) is 5.29. The summed E-state index contributed by atoms with van der Waals surface area (Å²) in [7, 11) is 0. The molecule has 0 radical (unpaired) electrons. The summed E-state index contributed by atoms with van der Waals surface area (Å²) < 4.78 is 7.22. The third-order valence-corrected chi connectivity index (χ3v) is 15.3. The maximum Gasteiger partial charge on any atom is 0.333 e. The second-order valence-corrected chi connectivity index (χ2v) is 23.0. The van der Waals surface area contributed by atoms with Gasteiger partial charge in [-0.2, -0.15) is 0 Å². The van der Waals surface area contributed by atoms with Gasteiger partial charge < -0.3 is 14.1 Å². The van der Waals surface area contributed by atoms with Crippen LogP contribution >= 0.6 is 0 Å². The molecule has 330 valence electrons. The van der Waals surface area contributed by atoms with E-state index in [9.17, 15) is 0 Å². The highest BCUT2D eigenvalue weighted by Crippen LogP contribution is 2.57. The van der Waals surface area contributed by atoms with E-state index in [4.69, 9.17) is 4.42 Å². The Hall–Kier alpha value is -6.78. The van der Waals surface area contributed by atoms with Crippen molar-refractivity contribution in [3.63, 3.8) is 0 Å². The molecule has 1 aromatic heterocycles. The summed E-state index contributed by atoms with van der Waals surface area (Å²) in [5.74, 6) is 0. The number of hydrogen-bond donors (Lipinski definition) is 0. The standard InChI is InChI=1S/C63H59BN2O/c1-60(2,3)39-25-29-42(30-26-39)66-54-37-50-46(43-21-15-17-23-49(43)63(50,10)11)35-48(54)57-58-55(36-47-44-22-16-18-24-56(44)67-59(47)57)65(53-32-28-41(62(7,8)9)34-51(53)64(58)66)52-31-27-40(61(4,5)6)33-45(52)38-19-13-12-14-20-38/h12-37H,1-11H3. The topological polar surface area (TPSA) is 19.6 Å². The first-order valence-corrected chi connectivity index (χ1v) is 24.2. The molecule has 0 amide bonds. The Morgan fingerprint density at radius 3 is 1.81 bits per heavy atom. The monoisotopic (exact) mass is 870 g/mol. The lowest BCUT2D eigenvalue weighted by molar-refractivity contribution is 0.590. The minimum Gasteiger partial charge on any atom is -0.455 e. The highest BCUT2D eigenvalue weighted by atomic mass is 16.3. The molecular weight excluding hydrogens is 812 g/mol. The van der Waals surface area contributed by atoms with E-state index >= 15 is 0 Å². The molecule has 0 spiro atoms. The normalized spacial score (nSPS) is 14.8. The Kier molecular flexibility index (Phi) is 8.78. The van der Waals surface area contributed by atoms with Gasteiger partial charge in [-0.25, -0.2) is 0 Å². The van der Waals surface area contributed by atoms with Gasteiger partial charge in [0.05, 0.1) is 5.69 Å². The lowest BCUT2D eigenvalue weighted by atomic mass is 9.43. The van der Waals surface area contributed by atoms with Crippen molar-refractivity contribution in [3.05, 3.63) is 186 Å². The Morgan fingerprint density at radius 2 is 1.09 bits per heavy atom. The number of rotatable bonds is 3. The smallest absolute Gasteiger partial charge is 0.333 e. The van der Waals surface area contributed by atoms with Crippen molar-refractivity contribution in [2.24, 2.45) is 0 Å². The van der Waals surface area contributed by atoms with Gasteiger partial charge in [0.2, 0.25) is 0 Å². The lowest BCUT2D eigenvalue weighted by Crippen LogP contribution is -2.61. The van der Waals surface area contributed by atoms with Crippen LogP contribution in [0, 0.1) is 0 Å². The van der Waals surface area contributed by atoms with Crippen LogP contribution in [0.1, 0.15) is 104 Å². The number of para-hydroxylation sites is 1. The average Bonchev–Trinajstić information content (AvgIpc) is 3.78. The first-order chi connectivity index (χ1) is 31.9. The predicted molar refractivity (Wildman–Crippen MR) is 287 cm³/mol. The fourth-order valence-corrected chi connectivity index (χ4v) is 11.6. The minimum absolute atomic E-state index is 0.0141. The molecule has 9 aromatic rings. The lowest BCUT2D eigenvalue weighted by Gasteiger charge is -2.46. The van der Waals surface area contributed by atoms with Gasteiger partial charge in [-0.3, -0.25) is 0 Å². The largest absolute Gasteiger partial charge is 0.455 e. The molecule has 2 aliphatic heterocycles. The third-order valence-electron chi connectivity index (χ3n) is 15.3. The zero-order valence-electron chi connectivity index (χ0n) is 40.9. The highest BCUT2D eigenvalue weighted by molar-refractivity contribution is 6.94. The van der Waals surface area contributed by atoms with Crippen molar-refractivity contribution < 1.29 is 4.42 Å². The van der Waals surface area contributed by atoms with Crippen LogP contribution in [-0.4, -0.2) is 6.85 Å². The molecule has 12 rings (SSSR count). The number of benzene rings is 8. The Morgan fingerprint density at radius 1 is 0.463 bits per heavy atom. The minimum atomic E-state index is -0.187. The molecule has 0 unspecified atom stereocenters.